The maximum absolute atomic E-state index is 13.3. The molecule has 3 aromatic rings. The number of aromatic nitrogens is 1. The molecule has 1 amide bonds. The number of hydrogen-bond acceptors (Lipinski definition) is 8. The van der Waals surface area contributed by atoms with Gasteiger partial charge in [0.15, 0.2) is 5.78 Å². The Bertz CT molecular complexity index is 1280. The number of carbonyl (C=O) groups is 2. The van der Waals surface area contributed by atoms with Crippen LogP contribution in [-0.4, -0.2) is 60.6 Å². The fourth-order valence-electron chi connectivity index (χ4n) is 4.55. The smallest absolute Gasteiger partial charge is 0.263 e. The zero-order valence-corrected chi connectivity index (χ0v) is 20.5. The summed E-state index contributed by atoms with van der Waals surface area (Å²) in [5.41, 5.74) is 0.522. The number of ketones is 1. The molecule has 5 heterocycles. The standard InChI is InChI=1S/C22H23N3O5S3/c1-15(26)17-2-3-19(31-17)21(27)24-10-7-22(8-11-24)9-12-25(14-22)33(28,29)20-5-4-18(32-20)16-6-13-30-23-16/h2-6,13H,7-12,14H2,1H3. The second-order valence-electron chi connectivity index (χ2n) is 8.60. The van der Waals surface area contributed by atoms with Crippen LogP contribution >= 0.6 is 22.7 Å². The van der Waals surface area contributed by atoms with Crippen molar-refractivity contribution in [2.45, 2.75) is 30.4 Å². The predicted octanol–water partition coefficient (Wildman–Crippen LogP) is 3.98. The normalized spacial score (nSPS) is 18.8. The molecule has 3 aromatic heterocycles. The van der Waals surface area contributed by atoms with Crippen LogP contribution in [0.4, 0.5) is 0 Å². The maximum atomic E-state index is 13.3. The van der Waals surface area contributed by atoms with Gasteiger partial charge in [-0.1, -0.05) is 5.16 Å². The first-order chi connectivity index (χ1) is 15.8. The van der Waals surface area contributed by atoms with E-state index < -0.39 is 10.0 Å². The van der Waals surface area contributed by atoms with E-state index in [9.17, 15) is 18.0 Å². The lowest BCUT2D eigenvalue weighted by atomic mass is 9.78. The third kappa shape index (κ3) is 4.18. The summed E-state index contributed by atoms with van der Waals surface area (Å²) in [6.07, 6.45) is 3.79. The second-order valence-corrected chi connectivity index (χ2v) is 12.9. The van der Waals surface area contributed by atoms with Gasteiger partial charge in [-0.15, -0.1) is 22.7 Å². The molecule has 2 aliphatic rings. The minimum Gasteiger partial charge on any atom is -0.364 e. The molecule has 0 unspecified atom stereocenters. The fraction of sp³-hybridized carbons (Fsp3) is 0.409. The van der Waals surface area contributed by atoms with Gasteiger partial charge in [0.1, 0.15) is 16.2 Å². The van der Waals surface area contributed by atoms with Crippen LogP contribution in [-0.2, 0) is 10.0 Å². The first-order valence-corrected chi connectivity index (χ1v) is 13.8. The highest BCUT2D eigenvalue weighted by Crippen LogP contribution is 2.43. The Morgan fingerprint density at radius 3 is 2.39 bits per heavy atom. The highest BCUT2D eigenvalue weighted by molar-refractivity contribution is 7.91. The molecular weight excluding hydrogens is 482 g/mol. The summed E-state index contributed by atoms with van der Waals surface area (Å²) in [6, 6.07) is 8.51. The van der Waals surface area contributed by atoms with Crippen molar-refractivity contribution in [2.75, 3.05) is 26.2 Å². The molecule has 11 heteroatoms. The highest BCUT2D eigenvalue weighted by atomic mass is 32.2. The summed E-state index contributed by atoms with van der Waals surface area (Å²) in [7, 11) is -3.58. The molecule has 5 rings (SSSR count). The third-order valence-corrected chi connectivity index (χ3v) is 11.1. The van der Waals surface area contributed by atoms with Crippen LogP contribution in [0.3, 0.4) is 0 Å². The molecule has 0 radical (unpaired) electrons. The SMILES string of the molecule is CC(=O)c1ccc(C(=O)N2CCC3(CC2)CCN(S(=O)(=O)c2ccc(-c4ccon4)s2)C3)s1. The number of rotatable bonds is 5. The Kier molecular flexibility index (Phi) is 5.76. The highest BCUT2D eigenvalue weighted by Gasteiger charge is 2.45. The van der Waals surface area contributed by atoms with E-state index in [2.05, 4.69) is 5.16 Å². The molecule has 2 saturated heterocycles. The molecular formula is C22H23N3O5S3. The maximum Gasteiger partial charge on any atom is 0.263 e. The van der Waals surface area contributed by atoms with E-state index >= 15 is 0 Å². The van der Waals surface area contributed by atoms with Gasteiger partial charge in [0.25, 0.3) is 15.9 Å². The number of sulfonamides is 1. The van der Waals surface area contributed by atoms with Gasteiger partial charge in [-0.05, 0) is 55.9 Å². The molecule has 174 valence electrons. The number of piperidine rings is 1. The predicted molar refractivity (Wildman–Crippen MR) is 125 cm³/mol. The van der Waals surface area contributed by atoms with Crippen LogP contribution in [0.5, 0.6) is 0 Å². The summed E-state index contributed by atoms with van der Waals surface area (Å²) in [4.78, 5) is 28.1. The topological polar surface area (TPSA) is 101 Å². The Balaban J connectivity index is 1.24. The average Bonchev–Trinajstić information content (AvgIpc) is 3.60. The van der Waals surface area contributed by atoms with Crippen LogP contribution in [0, 0.1) is 5.41 Å². The van der Waals surface area contributed by atoms with Gasteiger partial charge >= 0.3 is 0 Å². The van der Waals surface area contributed by atoms with Gasteiger partial charge in [0.2, 0.25) is 0 Å². The van der Waals surface area contributed by atoms with Crippen LogP contribution in [0.2, 0.25) is 0 Å². The number of hydrogen-bond donors (Lipinski definition) is 0. The van der Waals surface area contributed by atoms with Crippen molar-refractivity contribution in [2.24, 2.45) is 5.41 Å². The number of likely N-dealkylation sites (tertiary alicyclic amines) is 1. The van der Waals surface area contributed by atoms with Crippen molar-refractivity contribution in [1.29, 1.82) is 0 Å². The largest absolute Gasteiger partial charge is 0.364 e. The number of nitrogens with zero attached hydrogens (tertiary/aromatic N) is 3. The van der Waals surface area contributed by atoms with Crippen LogP contribution in [0.25, 0.3) is 10.6 Å². The zero-order chi connectivity index (χ0) is 23.2. The lowest BCUT2D eigenvalue weighted by Gasteiger charge is -2.39. The molecule has 0 aromatic carbocycles. The fourth-order valence-corrected chi connectivity index (χ4v) is 8.40. The number of amides is 1. The van der Waals surface area contributed by atoms with E-state index in [-0.39, 0.29) is 17.1 Å². The molecule has 0 atom stereocenters. The number of thiophene rings is 2. The summed E-state index contributed by atoms with van der Waals surface area (Å²) < 4.78 is 33.3. The molecule has 2 fully saturated rings. The number of Topliss-reactive ketones (excluding diaryl/α,β-unsaturated/α-hetero) is 1. The summed E-state index contributed by atoms with van der Waals surface area (Å²) in [6.45, 7) is 3.64. The second kappa shape index (κ2) is 8.46. The summed E-state index contributed by atoms with van der Waals surface area (Å²) >= 11 is 2.43. The van der Waals surface area contributed by atoms with Gasteiger partial charge in [0, 0.05) is 32.2 Å². The van der Waals surface area contributed by atoms with Gasteiger partial charge < -0.3 is 9.42 Å². The van der Waals surface area contributed by atoms with Crippen molar-refractivity contribution in [3.8, 4) is 10.6 Å². The monoisotopic (exact) mass is 505 g/mol. The third-order valence-electron chi connectivity index (χ3n) is 6.54. The van der Waals surface area contributed by atoms with Gasteiger partial charge in [-0.2, -0.15) is 4.31 Å². The first-order valence-electron chi connectivity index (χ1n) is 10.7. The lowest BCUT2D eigenvalue weighted by molar-refractivity contribution is 0.0604. The van der Waals surface area contributed by atoms with Crippen LogP contribution in [0.15, 0.2) is 45.3 Å². The van der Waals surface area contributed by atoms with E-state index in [0.29, 0.717) is 45.8 Å². The Hall–Kier alpha value is -2.34. The molecule has 2 aliphatic heterocycles. The molecule has 1 spiro atoms. The van der Waals surface area contributed by atoms with E-state index in [1.165, 1.54) is 35.9 Å². The quantitative estimate of drug-likeness (QED) is 0.486. The molecule has 33 heavy (non-hydrogen) atoms. The zero-order valence-electron chi connectivity index (χ0n) is 18.0. The minimum atomic E-state index is -3.58. The Morgan fingerprint density at radius 2 is 1.73 bits per heavy atom. The molecule has 0 aliphatic carbocycles. The Labute approximate surface area is 199 Å². The average molecular weight is 506 g/mol. The summed E-state index contributed by atoms with van der Waals surface area (Å²) in [5, 5.41) is 3.88. The molecule has 0 saturated carbocycles. The number of carbonyl (C=O) groups excluding carboxylic acids is 2. The van der Waals surface area contributed by atoms with Crippen molar-refractivity contribution < 1.29 is 22.5 Å². The van der Waals surface area contributed by atoms with Crippen molar-refractivity contribution >= 4 is 44.4 Å². The molecule has 8 nitrogen and oxygen atoms in total. The van der Waals surface area contributed by atoms with E-state index in [1.54, 1.807) is 34.6 Å². The Morgan fingerprint density at radius 1 is 1.00 bits per heavy atom. The van der Waals surface area contributed by atoms with E-state index in [4.69, 9.17) is 4.52 Å². The lowest BCUT2D eigenvalue weighted by Crippen LogP contribution is -2.44. The van der Waals surface area contributed by atoms with Crippen molar-refractivity contribution in [3.63, 3.8) is 0 Å². The molecule has 0 N–H and O–H groups in total. The van der Waals surface area contributed by atoms with Crippen molar-refractivity contribution in [3.05, 3.63) is 46.3 Å². The van der Waals surface area contributed by atoms with Gasteiger partial charge in [-0.3, -0.25) is 9.59 Å². The van der Waals surface area contributed by atoms with Crippen LogP contribution in [0.1, 0.15) is 45.5 Å². The summed E-state index contributed by atoms with van der Waals surface area (Å²) in [5.74, 6) is -0.0911. The van der Waals surface area contributed by atoms with Gasteiger partial charge in [0.05, 0.1) is 14.6 Å². The van der Waals surface area contributed by atoms with Crippen molar-refractivity contribution in [1.82, 2.24) is 14.4 Å². The molecule has 0 bridgehead atoms. The first kappa shape index (κ1) is 22.5. The van der Waals surface area contributed by atoms with Crippen LogP contribution < -0.4 is 0 Å². The van der Waals surface area contributed by atoms with E-state index in [0.717, 1.165) is 24.1 Å². The minimum absolute atomic E-state index is 0.0391. The van der Waals surface area contributed by atoms with Gasteiger partial charge in [-0.25, -0.2) is 8.42 Å². The van der Waals surface area contributed by atoms with E-state index in [1.807, 2.05) is 4.90 Å².